The van der Waals surface area contributed by atoms with E-state index in [-0.39, 0.29) is 25.6 Å². The van der Waals surface area contributed by atoms with Gasteiger partial charge in [-0.1, -0.05) is 6.08 Å². The van der Waals surface area contributed by atoms with E-state index in [0.717, 1.165) is 9.32 Å². The molecule has 1 aromatic rings. The van der Waals surface area contributed by atoms with Crippen molar-refractivity contribution in [3.05, 3.63) is 40.0 Å². The first kappa shape index (κ1) is 24.2. The van der Waals surface area contributed by atoms with Crippen LogP contribution in [-0.4, -0.2) is 72.4 Å². The van der Waals surface area contributed by atoms with E-state index in [1.54, 1.807) is 33.9 Å². The third kappa shape index (κ3) is 9.93. The second-order valence-electron chi connectivity index (χ2n) is 7.11. The summed E-state index contributed by atoms with van der Waals surface area (Å²) in [5.41, 5.74) is -0.618. The van der Waals surface area contributed by atoms with Crippen LogP contribution >= 0.6 is 22.6 Å². The van der Waals surface area contributed by atoms with Crippen LogP contribution in [0.25, 0.3) is 0 Å². The zero-order valence-electron chi connectivity index (χ0n) is 16.9. The minimum Gasteiger partial charge on any atom is -0.492 e. The van der Waals surface area contributed by atoms with Gasteiger partial charge in [-0.15, -0.1) is 0 Å². The molecule has 0 aromatic heterocycles. The lowest BCUT2D eigenvalue weighted by Crippen LogP contribution is -2.39. The molecule has 0 radical (unpaired) electrons. The predicted octanol–water partition coefficient (Wildman–Crippen LogP) is 2.91. The second kappa shape index (κ2) is 11.9. The summed E-state index contributed by atoms with van der Waals surface area (Å²) in [4.78, 5) is 27.2. The summed E-state index contributed by atoms with van der Waals surface area (Å²) in [6.45, 7) is 6.37. The standard InChI is InChI=1S/C20H29IN2O5/c1-20(2,3)28-19(26)23(11-5-6-18(25)22(4)12-14-24)13-15-27-17-9-7-16(21)8-10-17/h5-10,24H,11-15H2,1-4H3/b6-5+. The van der Waals surface area contributed by atoms with Gasteiger partial charge >= 0.3 is 6.09 Å². The van der Waals surface area contributed by atoms with Crippen LogP contribution in [0.15, 0.2) is 36.4 Å². The Bertz CT molecular complexity index is 656. The molecule has 7 nitrogen and oxygen atoms in total. The molecule has 1 N–H and O–H groups in total. The lowest BCUT2D eigenvalue weighted by atomic mass is 10.2. The number of hydrogen-bond donors (Lipinski definition) is 1. The van der Waals surface area contributed by atoms with Gasteiger partial charge < -0.3 is 24.4 Å². The van der Waals surface area contributed by atoms with Gasteiger partial charge in [-0.05, 0) is 67.6 Å². The monoisotopic (exact) mass is 504 g/mol. The van der Waals surface area contributed by atoms with Crippen LogP contribution in [0.4, 0.5) is 4.79 Å². The molecule has 0 aliphatic rings. The summed E-state index contributed by atoms with van der Waals surface area (Å²) in [5, 5.41) is 8.88. The lowest BCUT2D eigenvalue weighted by Gasteiger charge is -2.26. The van der Waals surface area contributed by atoms with Gasteiger partial charge in [-0.2, -0.15) is 0 Å². The molecule has 1 aromatic carbocycles. The van der Waals surface area contributed by atoms with Crippen molar-refractivity contribution >= 4 is 34.6 Å². The highest BCUT2D eigenvalue weighted by Crippen LogP contribution is 2.14. The van der Waals surface area contributed by atoms with Gasteiger partial charge in [-0.3, -0.25) is 4.79 Å². The first-order valence-electron chi connectivity index (χ1n) is 9.01. The first-order valence-corrected chi connectivity index (χ1v) is 10.1. The molecule has 0 unspecified atom stereocenters. The van der Waals surface area contributed by atoms with Crippen molar-refractivity contribution in [1.29, 1.82) is 0 Å². The van der Waals surface area contributed by atoms with E-state index in [0.29, 0.717) is 13.2 Å². The summed E-state index contributed by atoms with van der Waals surface area (Å²) >= 11 is 2.22. The molecule has 0 saturated carbocycles. The summed E-state index contributed by atoms with van der Waals surface area (Å²) in [5.74, 6) is 0.481. The number of halogens is 1. The smallest absolute Gasteiger partial charge is 0.410 e. The Morgan fingerprint density at radius 1 is 1.18 bits per heavy atom. The van der Waals surface area contributed by atoms with E-state index < -0.39 is 11.7 Å². The number of ether oxygens (including phenoxy) is 2. The maximum atomic E-state index is 12.4. The Labute approximate surface area is 180 Å². The molecule has 1 rings (SSSR count). The molecule has 0 saturated heterocycles. The Balaban J connectivity index is 2.66. The SMILES string of the molecule is CN(CCO)C(=O)/C=C/CN(CCOc1ccc(I)cc1)C(=O)OC(C)(C)C. The van der Waals surface area contributed by atoms with Crippen LogP contribution in [0.3, 0.4) is 0 Å². The van der Waals surface area contributed by atoms with Crippen LogP contribution in [-0.2, 0) is 9.53 Å². The van der Waals surface area contributed by atoms with Gasteiger partial charge in [0.1, 0.15) is 18.0 Å². The normalized spacial score (nSPS) is 11.4. The van der Waals surface area contributed by atoms with Gasteiger partial charge in [-0.25, -0.2) is 4.79 Å². The van der Waals surface area contributed by atoms with E-state index in [1.807, 2.05) is 24.3 Å². The number of aliphatic hydroxyl groups is 1. The minimum atomic E-state index is -0.618. The molecular formula is C20H29IN2O5. The van der Waals surface area contributed by atoms with Crippen molar-refractivity contribution in [2.75, 3.05) is 39.9 Å². The Kier molecular flexibility index (Phi) is 10.3. The van der Waals surface area contributed by atoms with Gasteiger partial charge in [0.2, 0.25) is 5.91 Å². The van der Waals surface area contributed by atoms with Crippen LogP contribution < -0.4 is 4.74 Å². The van der Waals surface area contributed by atoms with Crippen molar-refractivity contribution in [1.82, 2.24) is 9.80 Å². The van der Waals surface area contributed by atoms with Gasteiger partial charge in [0.25, 0.3) is 0 Å². The molecule has 0 atom stereocenters. The molecule has 0 fully saturated rings. The van der Waals surface area contributed by atoms with E-state index >= 15 is 0 Å². The minimum absolute atomic E-state index is 0.101. The number of amides is 2. The molecule has 2 amide bonds. The van der Waals surface area contributed by atoms with Gasteiger partial charge in [0.05, 0.1) is 13.2 Å². The maximum absolute atomic E-state index is 12.4. The highest BCUT2D eigenvalue weighted by atomic mass is 127. The van der Waals surface area contributed by atoms with Crippen LogP contribution in [0.5, 0.6) is 5.75 Å². The summed E-state index contributed by atoms with van der Waals surface area (Å²) in [6.07, 6.45) is 2.51. The number of carbonyl (C=O) groups is 2. The molecule has 0 heterocycles. The summed E-state index contributed by atoms with van der Waals surface area (Å²) in [6, 6.07) is 7.63. The third-order valence-corrected chi connectivity index (χ3v) is 4.21. The Hall–Kier alpha value is -1.81. The van der Waals surface area contributed by atoms with Crippen LogP contribution in [0.1, 0.15) is 20.8 Å². The predicted molar refractivity (Wildman–Crippen MR) is 116 cm³/mol. The lowest BCUT2D eigenvalue weighted by molar-refractivity contribution is -0.125. The quantitative estimate of drug-likeness (QED) is 0.414. The fraction of sp³-hybridized carbons (Fsp3) is 0.500. The van der Waals surface area contributed by atoms with Gasteiger partial charge in [0.15, 0.2) is 0 Å². The molecule has 0 spiro atoms. The molecule has 0 bridgehead atoms. The zero-order chi connectivity index (χ0) is 21.2. The van der Waals surface area contributed by atoms with E-state index in [9.17, 15) is 9.59 Å². The number of nitrogens with zero attached hydrogens (tertiary/aromatic N) is 2. The zero-order valence-corrected chi connectivity index (χ0v) is 19.0. The van der Waals surface area contributed by atoms with Crippen molar-refractivity contribution < 1.29 is 24.2 Å². The molecule has 8 heteroatoms. The number of likely N-dealkylation sites (N-methyl/N-ethyl adjacent to an activating group) is 1. The fourth-order valence-electron chi connectivity index (χ4n) is 2.06. The van der Waals surface area contributed by atoms with E-state index in [2.05, 4.69) is 22.6 Å². The Morgan fingerprint density at radius 2 is 1.82 bits per heavy atom. The van der Waals surface area contributed by atoms with Gasteiger partial charge in [0, 0.05) is 29.8 Å². The van der Waals surface area contributed by atoms with E-state index in [1.165, 1.54) is 15.9 Å². The summed E-state index contributed by atoms with van der Waals surface area (Å²) < 4.78 is 12.2. The third-order valence-electron chi connectivity index (χ3n) is 3.49. The topological polar surface area (TPSA) is 79.3 Å². The second-order valence-corrected chi connectivity index (χ2v) is 8.36. The van der Waals surface area contributed by atoms with Crippen molar-refractivity contribution in [2.45, 2.75) is 26.4 Å². The highest BCUT2D eigenvalue weighted by Gasteiger charge is 2.21. The average Bonchev–Trinajstić information content (AvgIpc) is 2.60. The fourth-order valence-corrected chi connectivity index (χ4v) is 2.42. The van der Waals surface area contributed by atoms with E-state index in [4.69, 9.17) is 14.6 Å². The number of carbonyl (C=O) groups excluding carboxylic acids is 2. The van der Waals surface area contributed by atoms with Crippen LogP contribution in [0, 0.1) is 3.57 Å². The highest BCUT2D eigenvalue weighted by molar-refractivity contribution is 14.1. The molecular weight excluding hydrogens is 475 g/mol. The number of hydrogen-bond acceptors (Lipinski definition) is 5. The van der Waals surface area contributed by atoms with Crippen molar-refractivity contribution in [2.24, 2.45) is 0 Å². The molecule has 28 heavy (non-hydrogen) atoms. The van der Waals surface area contributed by atoms with Crippen LogP contribution in [0.2, 0.25) is 0 Å². The molecule has 0 aliphatic carbocycles. The number of benzene rings is 1. The first-order chi connectivity index (χ1) is 13.1. The summed E-state index contributed by atoms with van der Waals surface area (Å²) in [7, 11) is 1.60. The average molecular weight is 504 g/mol. The number of aliphatic hydroxyl groups excluding tert-OH is 1. The molecule has 156 valence electrons. The largest absolute Gasteiger partial charge is 0.492 e. The van der Waals surface area contributed by atoms with Crippen molar-refractivity contribution in [3.8, 4) is 5.75 Å². The number of rotatable bonds is 9. The maximum Gasteiger partial charge on any atom is 0.410 e. The van der Waals surface area contributed by atoms with Crippen molar-refractivity contribution in [3.63, 3.8) is 0 Å². The molecule has 0 aliphatic heterocycles. The Morgan fingerprint density at radius 3 is 2.39 bits per heavy atom.